The number of urea groups is 2. The van der Waals surface area contributed by atoms with Crippen LogP contribution in [0.25, 0.3) is 4.85 Å². The smallest absolute Gasteiger partial charge is 0.324 e. The van der Waals surface area contributed by atoms with E-state index in [0.29, 0.717) is 44.5 Å². The average Bonchev–Trinajstić information content (AvgIpc) is 0.794. The summed E-state index contributed by atoms with van der Waals surface area (Å²) in [5, 5.41) is 60.7. The Balaban J connectivity index is 0.000000286. The minimum absolute atomic E-state index is 0.00764. The van der Waals surface area contributed by atoms with Gasteiger partial charge in [-0.2, -0.15) is 41.5 Å². The molecule has 564 valence electrons. The van der Waals surface area contributed by atoms with Crippen LogP contribution in [-0.2, 0) is 49.4 Å². The predicted molar refractivity (Wildman–Crippen MR) is 395 cm³/mol. The molecule has 1 aromatic heterocycles. The normalized spacial score (nSPS) is 13.1. The monoisotopic (exact) mass is 1490 g/mol. The summed E-state index contributed by atoms with van der Waals surface area (Å²) in [6, 6.07) is 38.9. The number of ether oxygens (including phenoxy) is 4. The van der Waals surface area contributed by atoms with E-state index in [-0.39, 0.29) is 110 Å². The van der Waals surface area contributed by atoms with Gasteiger partial charge in [0.1, 0.15) is 39.1 Å². The topological polar surface area (TPSA) is 334 Å². The van der Waals surface area contributed by atoms with E-state index in [1.54, 1.807) is 37.3 Å². The Morgan fingerprint density at radius 1 is 0.495 bits per heavy atom. The van der Waals surface area contributed by atoms with Gasteiger partial charge in [-0.05, 0) is 187 Å². The van der Waals surface area contributed by atoms with Gasteiger partial charge in [-0.25, -0.2) is 38.1 Å². The zero-order valence-corrected chi connectivity index (χ0v) is 62.8. The largest absolute Gasteiger partial charge is 0.481 e. The third kappa shape index (κ3) is 24.8. The van der Waals surface area contributed by atoms with Crippen LogP contribution in [0.5, 0.6) is 11.9 Å². The van der Waals surface area contributed by atoms with Crippen LogP contribution in [-0.4, -0.2) is 91.7 Å². The number of hydrogen-bond acceptors (Lipinski definition) is 17. The molecule has 0 spiro atoms. The third-order valence-electron chi connectivity index (χ3n) is 15.9. The molecule has 0 bridgehead atoms. The molecule has 2 atom stereocenters. The lowest BCUT2D eigenvalue weighted by Gasteiger charge is -2.37. The number of methoxy groups -OCH3 is 4. The summed E-state index contributed by atoms with van der Waals surface area (Å²) in [5.41, 5.74) is 10.6. The van der Waals surface area contributed by atoms with Gasteiger partial charge in [-0.1, -0.05) is 53.7 Å². The Labute approximate surface area is 631 Å². The number of nitrogens with one attached hydrogen (secondary N) is 3. The highest BCUT2D eigenvalue weighted by molar-refractivity contribution is 6.13. The summed E-state index contributed by atoms with van der Waals surface area (Å²) in [6.07, 6.45) is -1.44. The Hall–Kier alpha value is -13.0. The van der Waals surface area contributed by atoms with E-state index in [2.05, 4.69) is 42.9 Å². The molecule has 0 aliphatic carbocycles. The van der Waals surface area contributed by atoms with Gasteiger partial charge in [-0.15, -0.1) is 0 Å². The zero-order chi connectivity index (χ0) is 81.4. The zero-order valence-electron chi connectivity index (χ0n) is 62.8. The number of hydrogen-bond donors (Lipinski definition) is 3. The molecule has 4 amide bonds. The number of aryl methyl sites for hydroxylation is 3. The maximum atomic E-state index is 13.3. The standard InChI is InChI=1S/C19H22FN3O3.C18H18FN3O3.C17H18FN3O3.C10H7FN2.C9H8FN.C9H9N/c1-5-23-16(15(11(2)3)18(26-4)22-19(23)25)17(24)14-7-12(9-20)6-13(8-14)10-21;1-10(2)14-15(21-18(25-4)22-17(14)24-3)16(23)13-6-11(8-19)5-12(7-13)9-20;1-9(2)13-14(20-17(23)21-16(13)24-3)15(22)12-5-10(7-18)4-11(6-12)8-19;1-13-7-10-3-8(5-11)2-9(4-10)6-12;1-7-2-8(5-10)4-9(3-7)6-11;1-7-3-8(2)5-9(4-7)6-10/h6-8,11,18H,5,9H2,1-4H3,(H,22,25);5-7,10H,8H2,1-4H3;4-6,9,16H,7H2,1-3H3,(H2,20,21,23);2-4H,5,7H2;2-4H,5H2,1H3;3-5H,1-2H3. The van der Waals surface area contributed by atoms with Gasteiger partial charge < -0.3 is 39.7 Å². The van der Waals surface area contributed by atoms with Crippen molar-refractivity contribution in [3.63, 3.8) is 0 Å². The second-order valence-electron chi connectivity index (χ2n) is 25.1. The number of aromatic nitrogens is 2. The molecule has 0 radical (unpaired) electrons. The number of nitriles is 6. The molecular weight excluding hydrogens is 1410 g/mol. The van der Waals surface area contributed by atoms with E-state index in [0.717, 1.165) is 22.3 Å². The van der Waals surface area contributed by atoms with Crippen LogP contribution in [0.2, 0.25) is 0 Å². The number of alkyl halides is 5. The number of benzene rings is 6. The van der Waals surface area contributed by atoms with Crippen molar-refractivity contribution in [2.24, 2.45) is 11.8 Å². The molecule has 27 heteroatoms. The second kappa shape index (κ2) is 43.5. The van der Waals surface area contributed by atoms with Crippen molar-refractivity contribution in [1.82, 2.24) is 30.8 Å². The molecule has 0 saturated heterocycles. The van der Waals surface area contributed by atoms with Crippen LogP contribution in [0.15, 0.2) is 132 Å². The van der Waals surface area contributed by atoms with Gasteiger partial charge in [0.2, 0.25) is 29.8 Å². The summed E-state index contributed by atoms with van der Waals surface area (Å²) in [4.78, 5) is 76.1. The molecule has 2 aliphatic rings. The number of allylic oxidation sites excluding steroid dienone is 2. The molecule has 0 saturated carbocycles. The van der Waals surface area contributed by atoms with Gasteiger partial charge in [-0.3, -0.25) is 19.3 Å². The van der Waals surface area contributed by atoms with Gasteiger partial charge in [0.05, 0.1) is 95.4 Å². The van der Waals surface area contributed by atoms with E-state index >= 15 is 0 Å². The first kappa shape index (κ1) is 88.4. The fourth-order valence-electron chi connectivity index (χ4n) is 11.3. The molecule has 9 rings (SSSR count). The van der Waals surface area contributed by atoms with Crippen LogP contribution in [0.3, 0.4) is 0 Å². The number of rotatable bonds is 20. The Morgan fingerprint density at radius 2 is 0.881 bits per heavy atom. The summed E-state index contributed by atoms with van der Waals surface area (Å²) in [7, 11) is 5.71. The first-order valence-corrected chi connectivity index (χ1v) is 33.6. The molecule has 3 N–H and O–H groups in total. The number of ketones is 3. The van der Waals surface area contributed by atoms with E-state index in [9.17, 15) is 45.9 Å². The first-order chi connectivity index (χ1) is 52.0. The summed E-state index contributed by atoms with van der Waals surface area (Å²) in [6.45, 7) is 22.6. The van der Waals surface area contributed by atoms with Crippen molar-refractivity contribution in [2.75, 3.05) is 35.0 Å². The van der Waals surface area contributed by atoms with Gasteiger partial charge in [0.25, 0.3) is 0 Å². The van der Waals surface area contributed by atoms with Crippen molar-refractivity contribution in [1.29, 1.82) is 31.6 Å². The summed E-state index contributed by atoms with van der Waals surface area (Å²) >= 11 is 0. The summed E-state index contributed by atoms with van der Waals surface area (Å²) in [5.74, 6) is -1.38. The highest BCUT2D eigenvalue weighted by Gasteiger charge is 2.38. The molecule has 22 nitrogen and oxygen atoms in total. The molecule has 2 aliphatic heterocycles. The molecule has 2 unspecified atom stereocenters. The number of carbonyl (C=O) groups is 5. The fourth-order valence-corrected chi connectivity index (χ4v) is 11.3. The van der Waals surface area contributed by atoms with Crippen molar-refractivity contribution in [3.05, 3.63) is 255 Å². The van der Waals surface area contributed by atoms with Gasteiger partial charge in [0, 0.05) is 59.7 Å². The number of carbonyl (C=O) groups excluding carboxylic acids is 5. The fraction of sp³-hybridized carbons (Fsp3) is 0.317. The van der Waals surface area contributed by atoms with Crippen LogP contribution < -0.4 is 25.4 Å². The number of halogens is 5. The van der Waals surface area contributed by atoms with Gasteiger partial charge >= 0.3 is 18.1 Å². The lowest BCUT2D eigenvalue weighted by molar-refractivity contribution is 0.0770. The summed E-state index contributed by atoms with van der Waals surface area (Å²) < 4.78 is 84.5. The number of nitrogens with zero attached hydrogens (tertiary/aromatic N) is 10. The Bertz CT molecular complexity index is 4850. The van der Waals surface area contributed by atoms with Crippen molar-refractivity contribution in [3.8, 4) is 48.3 Å². The Morgan fingerprint density at radius 3 is 1.28 bits per heavy atom. The molecule has 109 heavy (non-hydrogen) atoms. The average molecular weight is 1490 g/mol. The van der Waals surface area contributed by atoms with E-state index in [1.165, 1.54) is 94.0 Å². The number of amides is 4. The molecular formula is C82H82F5N13O9. The Kier molecular flexibility index (Phi) is 35.3. The van der Waals surface area contributed by atoms with E-state index in [4.69, 9.17) is 57.1 Å². The maximum absolute atomic E-state index is 13.3. The lowest BCUT2D eigenvalue weighted by Crippen LogP contribution is -2.53. The second-order valence-corrected chi connectivity index (χ2v) is 25.1. The highest BCUT2D eigenvalue weighted by Crippen LogP contribution is 2.33. The molecule has 7 aromatic rings. The van der Waals surface area contributed by atoms with Crippen molar-refractivity contribution in [2.45, 2.75) is 128 Å². The van der Waals surface area contributed by atoms with Crippen molar-refractivity contribution >= 4 is 29.4 Å². The van der Waals surface area contributed by atoms with Crippen molar-refractivity contribution < 1.29 is 64.9 Å². The van der Waals surface area contributed by atoms with Crippen LogP contribution >= 0.6 is 0 Å². The quantitative estimate of drug-likeness (QED) is 0.0362. The predicted octanol–water partition coefficient (Wildman–Crippen LogP) is 15.7. The van der Waals surface area contributed by atoms with E-state index < -0.39 is 75.2 Å². The molecule has 6 aromatic carbocycles. The molecule has 3 heterocycles. The molecule has 0 fully saturated rings. The van der Waals surface area contributed by atoms with Crippen LogP contribution in [0.1, 0.15) is 180 Å². The number of likely N-dealkylation sites (N-methyl/N-ethyl adjacent to an activating group) is 1. The minimum Gasteiger partial charge on any atom is -0.481 e. The lowest BCUT2D eigenvalue weighted by atomic mass is 9.91. The first-order valence-electron chi connectivity index (χ1n) is 33.6. The highest BCUT2D eigenvalue weighted by atomic mass is 19.1. The van der Waals surface area contributed by atoms with Crippen LogP contribution in [0, 0.1) is 107 Å². The maximum Gasteiger partial charge on any atom is 0.324 e. The van der Waals surface area contributed by atoms with E-state index in [1.807, 2.05) is 105 Å². The minimum atomic E-state index is -0.791. The SMILES string of the molecule is CCN1C(=O)NC(OC)C(C(C)C)=C1C(=O)c1cc(C#N)cc(CF)c1.COC1NC(=O)NC(C(=O)c2cc(C#N)cc(CF)c2)=C1C(C)C.COc1nc(OC)c(C(C)C)c(C(=O)c2cc(C#N)cc(CF)c2)n1.Cc1cc(C#N)cc(CF)c1.Cc1cc(C)cc(C#N)c1.[C-]#[N+]Cc1cc(C#N)cc(CF)c1. The third-order valence-corrected chi connectivity index (χ3v) is 15.9. The van der Waals surface area contributed by atoms with Crippen LogP contribution in [0.4, 0.5) is 31.5 Å². The van der Waals surface area contributed by atoms with Gasteiger partial charge in [0.15, 0.2) is 12.5 Å². The number of Topliss-reactive ketones (excluding diaryl/α,β-unsaturated/α-hetero) is 2.